The van der Waals surface area contributed by atoms with Crippen LogP contribution in [-0.2, 0) is 0 Å². The zero-order valence-corrected chi connectivity index (χ0v) is 21.5. The Hall–Kier alpha value is -1.45. The molecule has 162 valence electrons. The number of hydrogen-bond donors (Lipinski definition) is 1. The SMILES string of the molecule is CCC[CH2][Sn]([CH2]CCC)([CH2]CCC)[c]1cccc(C(O)c2ccc(C#N)cc2F)n1. The third kappa shape index (κ3) is 6.28. The van der Waals surface area contributed by atoms with E-state index >= 15 is 0 Å². The normalized spacial score (nSPS) is 12.5. The Morgan fingerprint density at radius 2 is 1.60 bits per heavy atom. The summed E-state index contributed by atoms with van der Waals surface area (Å²) < 4.78 is 19.6. The maximum absolute atomic E-state index is 14.5. The molecule has 0 radical (unpaired) electrons. The van der Waals surface area contributed by atoms with Gasteiger partial charge in [-0.3, -0.25) is 0 Å². The van der Waals surface area contributed by atoms with Gasteiger partial charge in [-0.15, -0.1) is 0 Å². The predicted molar refractivity (Wildman–Crippen MR) is 124 cm³/mol. The van der Waals surface area contributed by atoms with Gasteiger partial charge in [0.1, 0.15) is 0 Å². The summed E-state index contributed by atoms with van der Waals surface area (Å²) in [4.78, 5) is 4.98. The molecule has 0 bridgehead atoms. The number of nitriles is 1. The number of aliphatic hydroxyl groups excluding tert-OH is 1. The molecule has 0 aliphatic rings. The molecular weight excluding hydrogens is 482 g/mol. The van der Waals surface area contributed by atoms with Gasteiger partial charge in [-0.05, 0) is 0 Å². The van der Waals surface area contributed by atoms with E-state index < -0.39 is 30.3 Å². The molecule has 1 unspecified atom stereocenters. The van der Waals surface area contributed by atoms with Gasteiger partial charge in [0.25, 0.3) is 0 Å². The molecule has 2 aromatic rings. The van der Waals surface area contributed by atoms with E-state index in [9.17, 15) is 9.50 Å². The average Bonchev–Trinajstić information content (AvgIpc) is 2.78. The van der Waals surface area contributed by atoms with Crippen molar-refractivity contribution in [3.05, 3.63) is 59.0 Å². The summed E-state index contributed by atoms with van der Waals surface area (Å²) in [5, 5.41) is 19.9. The molecule has 0 fully saturated rings. The molecular formula is C25H35FN2OSn. The van der Waals surface area contributed by atoms with Gasteiger partial charge in [-0.1, -0.05) is 0 Å². The zero-order valence-electron chi connectivity index (χ0n) is 18.6. The van der Waals surface area contributed by atoms with E-state index in [0.717, 1.165) is 0 Å². The van der Waals surface area contributed by atoms with E-state index in [4.69, 9.17) is 10.2 Å². The zero-order chi connectivity index (χ0) is 22.0. The van der Waals surface area contributed by atoms with Crippen molar-refractivity contribution in [1.82, 2.24) is 4.98 Å². The van der Waals surface area contributed by atoms with E-state index in [2.05, 4.69) is 26.8 Å². The van der Waals surface area contributed by atoms with Crippen LogP contribution in [0.25, 0.3) is 0 Å². The van der Waals surface area contributed by atoms with Gasteiger partial charge in [0.15, 0.2) is 0 Å². The van der Waals surface area contributed by atoms with Crippen molar-refractivity contribution in [2.24, 2.45) is 0 Å². The quantitative estimate of drug-likeness (QED) is 0.340. The van der Waals surface area contributed by atoms with Crippen LogP contribution in [-0.4, -0.2) is 28.5 Å². The van der Waals surface area contributed by atoms with Crippen molar-refractivity contribution >= 4 is 22.1 Å². The number of aromatic nitrogens is 1. The van der Waals surface area contributed by atoms with Gasteiger partial charge in [-0.25, -0.2) is 0 Å². The number of nitrogens with zero attached hydrogens (tertiary/aromatic N) is 2. The van der Waals surface area contributed by atoms with Crippen LogP contribution >= 0.6 is 0 Å². The molecule has 0 aliphatic heterocycles. The van der Waals surface area contributed by atoms with Gasteiger partial charge in [0.2, 0.25) is 0 Å². The number of hydrogen-bond acceptors (Lipinski definition) is 3. The van der Waals surface area contributed by atoms with Gasteiger partial charge in [0, 0.05) is 0 Å². The Labute approximate surface area is 185 Å². The molecule has 3 nitrogen and oxygen atoms in total. The first-order valence-electron chi connectivity index (χ1n) is 11.4. The Morgan fingerprint density at radius 3 is 2.10 bits per heavy atom. The number of benzene rings is 1. The third-order valence-corrected chi connectivity index (χ3v) is 21.2. The fourth-order valence-electron chi connectivity index (χ4n) is 4.18. The molecule has 30 heavy (non-hydrogen) atoms. The fourth-order valence-corrected chi connectivity index (χ4v) is 19.7. The van der Waals surface area contributed by atoms with E-state index in [1.165, 1.54) is 67.7 Å². The molecule has 0 amide bonds. The summed E-state index contributed by atoms with van der Waals surface area (Å²) in [5.41, 5.74) is 0.941. The fraction of sp³-hybridized carbons (Fsp3) is 0.520. The number of pyridine rings is 1. The molecule has 2 rings (SSSR count). The predicted octanol–water partition coefficient (Wildman–Crippen LogP) is 6.23. The van der Waals surface area contributed by atoms with Crippen molar-refractivity contribution in [2.75, 3.05) is 0 Å². The van der Waals surface area contributed by atoms with Gasteiger partial charge >= 0.3 is 186 Å². The van der Waals surface area contributed by atoms with Gasteiger partial charge in [0.05, 0.1) is 0 Å². The van der Waals surface area contributed by atoms with Crippen molar-refractivity contribution < 1.29 is 9.50 Å². The van der Waals surface area contributed by atoms with Gasteiger partial charge < -0.3 is 0 Å². The first kappa shape index (κ1) is 24.8. The first-order valence-corrected chi connectivity index (χ1v) is 18.8. The Balaban J connectivity index is 2.44. The molecule has 0 saturated heterocycles. The number of rotatable bonds is 12. The van der Waals surface area contributed by atoms with Crippen molar-refractivity contribution in [3.8, 4) is 6.07 Å². The summed E-state index contributed by atoms with van der Waals surface area (Å²) >= 11 is -2.72. The van der Waals surface area contributed by atoms with Crippen LogP contribution < -0.4 is 3.71 Å². The van der Waals surface area contributed by atoms with Gasteiger partial charge in [-0.2, -0.15) is 0 Å². The topological polar surface area (TPSA) is 56.9 Å². The Bertz CT molecular complexity index is 828. The van der Waals surface area contributed by atoms with E-state index in [0.29, 0.717) is 5.69 Å². The molecule has 1 aromatic heterocycles. The third-order valence-electron chi connectivity index (χ3n) is 6.04. The molecule has 1 N–H and O–H groups in total. The van der Waals surface area contributed by atoms with Crippen molar-refractivity contribution in [3.63, 3.8) is 0 Å². The summed E-state index contributed by atoms with van der Waals surface area (Å²) in [7, 11) is 0. The van der Waals surface area contributed by atoms with Crippen LogP contribution in [0.4, 0.5) is 4.39 Å². The van der Waals surface area contributed by atoms with Crippen molar-refractivity contribution in [2.45, 2.75) is 78.7 Å². The maximum atomic E-state index is 14.5. The van der Waals surface area contributed by atoms with Crippen LogP contribution in [0.15, 0.2) is 36.4 Å². The second-order valence-electron chi connectivity index (χ2n) is 8.29. The molecule has 5 heteroatoms. The van der Waals surface area contributed by atoms with Crippen LogP contribution in [0.2, 0.25) is 13.3 Å². The molecule has 0 saturated carbocycles. The average molecular weight is 517 g/mol. The molecule has 0 spiro atoms. The standard InChI is InChI=1S/C13H8FN2O.3C4H9.Sn/c14-11-7-9(8-15)4-5-10(11)13(17)12-3-1-2-6-16-12;3*1-3-4-2;/h1-5,7,13,17H;3*1,3-4H2,2H3;. The van der Waals surface area contributed by atoms with Crippen LogP contribution in [0.3, 0.4) is 0 Å². The van der Waals surface area contributed by atoms with E-state index in [1.54, 1.807) is 12.1 Å². The van der Waals surface area contributed by atoms with Crippen LogP contribution in [0.5, 0.6) is 0 Å². The Morgan fingerprint density at radius 1 is 1.00 bits per heavy atom. The molecule has 1 aromatic carbocycles. The molecule has 0 aliphatic carbocycles. The summed E-state index contributed by atoms with van der Waals surface area (Å²) in [6, 6.07) is 12.1. The summed E-state index contributed by atoms with van der Waals surface area (Å²) in [6.07, 6.45) is 6.17. The summed E-state index contributed by atoms with van der Waals surface area (Å²) in [5.74, 6) is -0.563. The number of halogens is 1. The Kier molecular flexibility index (Phi) is 10.3. The van der Waals surface area contributed by atoms with E-state index in [-0.39, 0.29) is 11.1 Å². The van der Waals surface area contributed by atoms with E-state index in [1.807, 2.05) is 12.1 Å². The molecule has 1 atom stereocenters. The molecule has 1 heterocycles. The van der Waals surface area contributed by atoms with Crippen LogP contribution in [0.1, 0.15) is 82.2 Å². The second kappa shape index (κ2) is 12.4. The van der Waals surface area contributed by atoms with Crippen LogP contribution in [0, 0.1) is 17.1 Å². The minimum atomic E-state index is -2.72. The second-order valence-corrected chi connectivity index (χ2v) is 21.3. The minimum absolute atomic E-state index is 0.176. The first-order chi connectivity index (χ1) is 14.5. The van der Waals surface area contributed by atoms with Crippen molar-refractivity contribution in [1.29, 1.82) is 5.26 Å². The summed E-state index contributed by atoms with van der Waals surface area (Å²) in [6.45, 7) is 6.74. The number of unbranched alkanes of at least 4 members (excludes halogenated alkanes) is 3. The number of aliphatic hydroxyl groups is 1. The monoisotopic (exact) mass is 518 g/mol.